The van der Waals surface area contributed by atoms with Crippen molar-refractivity contribution in [2.45, 2.75) is 11.8 Å². The number of rotatable bonds is 7. The number of hydrogen-bond donors (Lipinski definition) is 1. The standard InChI is InChI=1S/C24H19NO7S/c1-16-7-10-19(11-8-16)33(28,29)25-14-23(26)32-18-9-12-20-21(13-18)30-15-22(24(20)27)31-17-5-3-2-4-6-17/h2-13,15,25H,14H2,1H3. The molecule has 0 aliphatic rings. The summed E-state index contributed by atoms with van der Waals surface area (Å²) in [6, 6.07) is 19.2. The monoisotopic (exact) mass is 465 g/mol. The topological polar surface area (TPSA) is 112 Å². The van der Waals surface area contributed by atoms with Crippen LogP contribution in [0.25, 0.3) is 11.0 Å². The number of fused-ring (bicyclic) bond motifs is 1. The van der Waals surface area contributed by atoms with E-state index < -0.39 is 22.5 Å². The number of ether oxygens (including phenoxy) is 2. The lowest BCUT2D eigenvalue weighted by Gasteiger charge is -2.08. The van der Waals surface area contributed by atoms with Gasteiger partial charge in [-0.1, -0.05) is 35.9 Å². The van der Waals surface area contributed by atoms with Crippen LogP contribution < -0.4 is 19.6 Å². The van der Waals surface area contributed by atoms with Crippen LogP contribution in [-0.2, 0) is 14.8 Å². The molecule has 1 N–H and O–H groups in total. The number of para-hydroxylation sites is 1. The van der Waals surface area contributed by atoms with Crippen molar-refractivity contribution >= 4 is 27.0 Å². The summed E-state index contributed by atoms with van der Waals surface area (Å²) in [6.45, 7) is 1.27. The summed E-state index contributed by atoms with van der Waals surface area (Å²) in [5.41, 5.74) is 0.713. The van der Waals surface area contributed by atoms with Gasteiger partial charge in [0.2, 0.25) is 21.2 Å². The zero-order chi connectivity index (χ0) is 23.4. The van der Waals surface area contributed by atoms with Crippen molar-refractivity contribution in [2.24, 2.45) is 0 Å². The first kappa shape index (κ1) is 22.3. The minimum atomic E-state index is -3.86. The lowest BCUT2D eigenvalue weighted by atomic mass is 10.2. The van der Waals surface area contributed by atoms with Crippen molar-refractivity contribution in [3.63, 3.8) is 0 Å². The minimum Gasteiger partial charge on any atom is -0.460 e. The minimum absolute atomic E-state index is 0.0176. The van der Waals surface area contributed by atoms with Crippen molar-refractivity contribution in [1.29, 1.82) is 0 Å². The van der Waals surface area contributed by atoms with Gasteiger partial charge in [0.15, 0.2) is 0 Å². The van der Waals surface area contributed by atoms with Crippen LogP contribution in [0, 0.1) is 6.92 Å². The van der Waals surface area contributed by atoms with Crippen LogP contribution >= 0.6 is 0 Å². The lowest BCUT2D eigenvalue weighted by Crippen LogP contribution is -2.32. The number of sulfonamides is 1. The second kappa shape index (κ2) is 9.27. The molecule has 4 rings (SSSR count). The third-order valence-electron chi connectivity index (χ3n) is 4.65. The van der Waals surface area contributed by atoms with Crippen molar-refractivity contribution in [3.05, 3.63) is 94.8 Å². The van der Waals surface area contributed by atoms with E-state index in [2.05, 4.69) is 4.72 Å². The third kappa shape index (κ3) is 5.28. The Morgan fingerprint density at radius 1 is 0.970 bits per heavy atom. The van der Waals surface area contributed by atoms with Crippen molar-refractivity contribution in [3.8, 4) is 17.2 Å². The van der Waals surface area contributed by atoms with Gasteiger partial charge in [0.25, 0.3) is 0 Å². The maximum atomic E-state index is 12.7. The van der Waals surface area contributed by atoms with Gasteiger partial charge in [0.1, 0.15) is 29.9 Å². The van der Waals surface area contributed by atoms with Crippen molar-refractivity contribution in [2.75, 3.05) is 6.54 Å². The summed E-state index contributed by atoms with van der Waals surface area (Å²) in [7, 11) is -3.86. The summed E-state index contributed by atoms with van der Waals surface area (Å²) in [5, 5.41) is 0.239. The van der Waals surface area contributed by atoms with Crippen LogP contribution in [0.5, 0.6) is 17.2 Å². The fourth-order valence-corrected chi connectivity index (χ4v) is 3.93. The predicted octanol–water partition coefficient (Wildman–Crippen LogP) is 3.78. The fraction of sp³-hybridized carbons (Fsp3) is 0.0833. The van der Waals surface area contributed by atoms with Gasteiger partial charge in [-0.3, -0.25) is 9.59 Å². The Hall–Kier alpha value is -3.95. The van der Waals surface area contributed by atoms with E-state index in [1.807, 2.05) is 13.0 Å². The van der Waals surface area contributed by atoms with E-state index in [-0.39, 0.29) is 32.8 Å². The fourth-order valence-electron chi connectivity index (χ4n) is 2.96. The van der Waals surface area contributed by atoms with E-state index in [9.17, 15) is 18.0 Å². The third-order valence-corrected chi connectivity index (χ3v) is 6.07. The Kier molecular flexibility index (Phi) is 6.25. The quantitative estimate of drug-likeness (QED) is 0.327. The average Bonchev–Trinajstić information content (AvgIpc) is 2.81. The molecule has 0 aliphatic heterocycles. The smallest absolute Gasteiger partial charge is 0.326 e. The maximum absolute atomic E-state index is 12.7. The van der Waals surface area contributed by atoms with Gasteiger partial charge in [0, 0.05) is 6.07 Å². The highest BCUT2D eigenvalue weighted by Crippen LogP contribution is 2.24. The summed E-state index contributed by atoms with van der Waals surface area (Å²) in [5.74, 6) is -0.218. The van der Waals surface area contributed by atoms with Crippen LogP contribution in [0.3, 0.4) is 0 Å². The molecule has 4 aromatic rings. The Bertz CT molecular complexity index is 1460. The van der Waals surface area contributed by atoms with Crippen molar-refractivity contribution in [1.82, 2.24) is 4.72 Å². The zero-order valence-electron chi connectivity index (χ0n) is 17.5. The van der Waals surface area contributed by atoms with E-state index in [1.165, 1.54) is 36.6 Å². The Labute approximate surface area is 189 Å². The number of aryl methyl sites for hydroxylation is 1. The summed E-state index contributed by atoms with van der Waals surface area (Å²) in [6.07, 6.45) is 1.18. The molecule has 1 heterocycles. The first-order valence-electron chi connectivity index (χ1n) is 9.87. The first-order valence-corrected chi connectivity index (χ1v) is 11.4. The molecule has 0 bridgehead atoms. The molecule has 0 atom stereocenters. The van der Waals surface area contributed by atoms with E-state index in [1.54, 1.807) is 36.4 Å². The van der Waals surface area contributed by atoms with Gasteiger partial charge in [-0.15, -0.1) is 0 Å². The molecule has 0 fully saturated rings. The Balaban J connectivity index is 1.44. The number of carbonyl (C=O) groups excluding carboxylic acids is 1. The molecule has 0 saturated heterocycles. The molecule has 8 nitrogen and oxygen atoms in total. The van der Waals surface area contributed by atoms with Gasteiger partial charge in [-0.05, 0) is 43.3 Å². The summed E-state index contributed by atoms with van der Waals surface area (Å²) < 4.78 is 43.0. The molecular weight excluding hydrogens is 446 g/mol. The summed E-state index contributed by atoms with van der Waals surface area (Å²) >= 11 is 0. The molecule has 0 amide bonds. The molecule has 0 unspecified atom stereocenters. The van der Waals surface area contributed by atoms with Crippen molar-refractivity contribution < 1.29 is 27.1 Å². The zero-order valence-corrected chi connectivity index (χ0v) is 18.3. The highest BCUT2D eigenvalue weighted by atomic mass is 32.2. The molecule has 0 radical (unpaired) electrons. The van der Waals surface area contributed by atoms with E-state index in [4.69, 9.17) is 13.9 Å². The molecule has 0 aliphatic carbocycles. The number of benzene rings is 3. The first-order chi connectivity index (χ1) is 15.8. The normalized spacial score (nSPS) is 11.3. The average molecular weight is 465 g/mol. The number of carbonyl (C=O) groups is 1. The molecule has 3 aromatic carbocycles. The largest absolute Gasteiger partial charge is 0.460 e. The highest BCUT2D eigenvalue weighted by molar-refractivity contribution is 7.89. The lowest BCUT2D eigenvalue weighted by molar-refractivity contribution is -0.133. The van der Waals surface area contributed by atoms with Gasteiger partial charge in [-0.25, -0.2) is 8.42 Å². The molecule has 168 valence electrons. The molecule has 33 heavy (non-hydrogen) atoms. The predicted molar refractivity (Wildman–Crippen MR) is 121 cm³/mol. The number of esters is 1. The van der Waals surface area contributed by atoms with Gasteiger partial charge < -0.3 is 13.9 Å². The van der Waals surface area contributed by atoms with Crippen LogP contribution in [0.4, 0.5) is 0 Å². The Morgan fingerprint density at radius 3 is 2.42 bits per heavy atom. The highest BCUT2D eigenvalue weighted by Gasteiger charge is 2.17. The van der Waals surface area contributed by atoms with E-state index in [0.717, 1.165) is 5.56 Å². The molecule has 0 spiro atoms. The van der Waals surface area contributed by atoms with Crippen LogP contribution in [0.1, 0.15) is 5.56 Å². The second-order valence-corrected chi connectivity index (χ2v) is 8.88. The summed E-state index contributed by atoms with van der Waals surface area (Å²) in [4.78, 5) is 24.9. The van der Waals surface area contributed by atoms with E-state index in [0.29, 0.717) is 5.75 Å². The van der Waals surface area contributed by atoms with Gasteiger partial charge in [0.05, 0.1) is 10.3 Å². The van der Waals surface area contributed by atoms with Crippen LogP contribution in [0.15, 0.2) is 93.2 Å². The molecule has 9 heteroatoms. The Morgan fingerprint density at radius 2 is 1.70 bits per heavy atom. The van der Waals surface area contributed by atoms with Gasteiger partial charge in [-0.2, -0.15) is 4.72 Å². The number of nitrogens with one attached hydrogen (secondary N) is 1. The molecule has 0 saturated carbocycles. The van der Waals surface area contributed by atoms with Gasteiger partial charge >= 0.3 is 5.97 Å². The van der Waals surface area contributed by atoms with Crippen LogP contribution in [-0.4, -0.2) is 20.9 Å². The number of hydrogen-bond acceptors (Lipinski definition) is 7. The molecule has 1 aromatic heterocycles. The SMILES string of the molecule is Cc1ccc(S(=O)(=O)NCC(=O)Oc2ccc3c(=O)c(Oc4ccccc4)coc3c2)cc1. The maximum Gasteiger partial charge on any atom is 0.326 e. The van der Waals surface area contributed by atoms with E-state index >= 15 is 0 Å². The molecular formula is C24H19NO7S. The second-order valence-electron chi connectivity index (χ2n) is 7.11. The van der Waals surface area contributed by atoms with Crippen LogP contribution in [0.2, 0.25) is 0 Å².